The number of halogens is 1. The van der Waals surface area contributed by atoms with Gasteiger partial charge in [0.05, 0.1) is 47.4 Å². The van der Waals surface area contributed by atoms with Crippen LogP contribution in [-0.4, -0.2) is 50.9 Å². The van der Waals surface area contributed by atoms with Crippen molar-refractivity contribution in [3.8, 4) is 5.69 Å². The smallest absolute Gasteiger partial charge is 0.304 e. The van der Waals surface area contributed by atoms with Crippen LogP contribution < -0.4 is 5.32 Å². The molecule has 0 unspecified atom stereocenters. The Kier molecular flexibility index (Phi) is 7.06. The summed E-state index contributed by atoms with van der Waals surface area (Å²) in [7, 11) is -3.90. The third-order valence-corrected chi connectivity index (χ3v) is 7.19. The maximum absolute atomic E-state index is 13.3. The topological polar surface area (TPSA) is 144 Å². The predicted octanol–water partition coefficient (Wildman–Crippen LogP) is 3.08. The number of aliphatic carboxylic acids is 1. The fraction of sp³-hybridized carbons (Fsp3) is 0.208. The quantitative estimate of drug-likeness (QED) is 0.349. The van der Waals surface area contributed by atoms with Gasteiger partial charge in [0.15, 0.2) is 14.9 Å². The Labute approximate surface area is 205 Å². The zero-order valence-corrected chi connectivity index (χ0v) is 19.9. The van der Waals surface area contributed by atoms with Crippen molar-refractivity contribution in [2.75, 3.05) is 5.75 Å². The first-order chi connectivity index (χ1) is 17.2. The second-order valence-corrected chi connectivity index (χ2v) is 10.0. The van der Waals surface area contributed by atoms with E-state index in [0.29, 0.717) is 28.6 Å². The van der Waals surface area contributed by atoms with Crippen molar-refractivity contribution in [1.29, 1.82) is 0 Å². The number of rotatable bonds is 9. The van der Waals surface area contributed by atoms with E-state index in [9.17, 15) is 22.4 Å². The van der Waals surface area contributed by atoms with Gasteiger partial charge in [0.1, 0.15) is 5.82 Å². The van der Waals surface area contributed by atoms with Gasteiger partial charge in [0.2, 0.25) is 0 Å². The van der Waals surface area contributed by atoms with E-state index in [4.69, 9.17) is 5.11 Å². The van der Waals surface area contributed by atoms with Crippen LogP contribution in [0.2, 0.25) is 0 Å². The molecule has 186 valence electrons. The Bertz CT molecular complexity index is 1540. The van der Waals surface area contributed by atoms with Crippen LogP contribution in [0.3, 0.4) is 0 Å². The van der Waals surface area contributed by atoms with Crippen molar-refractivity contribution in [2.24, 2.45) is 0 Å². The summed E-state index contributed by atoms with van der Waals surface area (Å²) < 4.78 is 39.8. The van der Waals surface area contributed by atoms with Gasteiger partial charge in [-0.3, -0.25) is 14.6 Å². The Morgan fingerprint density at radius 1 is 1.14 bits per heavy atom. The van der Waals surface area contributed by atoms with Crippen molar-refractivity contribution in [2.45, 2.75) is 30.8 Å². The molecule has 0 aliphatic carbocycles. The van der Waals surface area contributed by atoms with E-state index in [1.54, 1.807) is 29.1 Å². The van der Waals surface area contributed by atoms with E-state index in [2.05, 4.69) is 20.4 Å². The molecule has 0 saturated heterocycles. The molecule has 0 radical (unpaired) electrons. The second kappa shape index (κ2) is 10.2. The van der Waals surface area contributed by atoms with Crippen molar-refractivity contribution < 1.29 is 27.5 Å². The lowest BCUT2D eigenvalue weighted by atomic mass is 10.1. The van der Waals surface area contributed by atoms with Gasteiger partial charge in [-0.1, -0.05) is 6.92 Å². The molecule has 0 fully saturated rings. The minimum Gasteiger partial charge on any atom is -0.481 e. The van der Waals surface area contributed by atoms with Gasteiger partial charge >= 0.3 is 5.97 Å². The number of benzene rings is 1. The van der Waals surface area contributed by atoms with Crippen molar-refractivity contribution in [3.63, 3.8) is 0 Å². The number of nitrogens with one attached hydrogen (secondary N) is 1. The lowest BCUT2D eigenvalue weighted by Crippen LogP contribution is -2.28. The van der Waals surface area contributed by atoms with Gasteiger partial charge in [-0.05, 0) is 48.4 Å². The number of hydrogen-bond donors (Lipinski definition) is 2. The molecule has 3 aromatic heterocycles. The summed E-state index contributed by atoms with van der Waals surface area (Å²) in [6, 6.07) is 8.14. The number of carboxylic acids is 1. The first kappa shape index (κ1) is 24.9. The third kappa shape index (κ3) is 5.23. The maximum Gasteiger partial charge on any atom is 0.304 e. The number of hydrogen-bond acceptors (Lipinski definition) is 7. The van der Waals surface area contributed by atoms with Crippen LogP contribution in [0.1, 0.15) is 41.7 Å². The van der Waals surface area contributed by atoms with Gasteiger partial charge < -0.3 is 10.4 Å². The van der Waals surface area contributed by atoms with E-state index in [-0.39, 0.29) is 16.4 Å². The summed E-state index contributed by atoms with van der Waals surface area (Å²) >= 11 is 0. The Morgan fingerprint density at radius 2 is 1.89 bits per heavy atom. The molecule has 0 saturated carbocycles. The largest absolute Gasteiger partial charge is 0.481 e. The highest BCUT2D eigenvalue weighted by Crippen LogP contribution is 2.24. The van der Waals surface area contributed by atoms with Gasteiger partial charge in [0.25, 0.3) is 5.91 Å². The molecule has 0 aliphatic heterocycles. The van der Waals surface area contributed by atoms with Crippen molar-refractivity contribution in [3.05, 3.63) is 78.1 Å². The molecule has 1 aromatic carbocycles. The molecule has 1 amide bonds. The fourth-order valence-corrected chi connectivity index (χ4v) is 4.90. The molecular formula is C24H22FN5O5S. The molecule has 0 aliphatic rings. The summed E-state index contributed by atoms with van der Waals surface area (Å²) in [5.74, 6) is -2.62. The molecule has 0 bridgehead atoms. The lowest BCUT2D eigenvalue weighted by Gasteiger charge is -2.18. The number of amides is 1. The van der Waals surface area contributed by atoms with Crippen LogP contribution in [0.4, 0.5) is 4.39 Å². The Balaban J connectivity index is 1.60. The number of nitrogens with zero attached hydrogens (tertiary/aromatic N) is 4. The van der Waals surface area contributed by atoms with Gasteiger partial charge in [-0.25, -0.2) is 22.5 Å². The highest BCUT2D eigenvalue weighted by atomic mass is 32.2. The highest BCUT2D eigenvalue weighted by Gasteiger charge is 2.22. The summed E-state index contributed by atoms with van der Waals surface area (Å²) in [4.78, 5) is 32.0. The maximum atomic E-state index is 13.3. The molecule has 4 aromatic rings. The number of carboxylic acid groups (broad SMARTS) is 1. The van der Waals surface area contributed by atoms with Crippen LogP contribution >= 0.6 is 0 Å². The summed E-state index contributed by atoms with van der Waals surface area (Å²) in [5.41, 5.74) is 1.93. The van der Waals surface area contributed by atoms with Gasteiger partial charge in [0, 0.05) is 17.8 Å². The van der Waals surface area contributed by atoms with Gasteiger partial charge in [-0.2, -0.15) is 5.10 Å². The summed E-state index contributed by atoms with van der Waals surface area (Å²) in [6.07, 6.45) is 5.71. The van der Waals surface area contributed by atoms with E-state index in [1.165, 1.54) is 36.8 Å². The SMILES string of the molecule is CC[C@H](NC(=O)c1cncc2c1cnn2-c1ccc(F)cc1)c1ccnc(S(=O)(=O)CCC(=O)O)c1. The number of carbonyl (C=O) groups is 2. The number of carbonyl (C=O) groups excluding carboxylic acids is 1. The average Bonchev–Trinajstić information content (AvgIpc) is 3.31. The molecule has 36 heavy (non-hydrogen) atoms. The first-order valence-electron chi connectivity index (χ1n) is 11.0. The van der Waals surface area contributed by atoms with E-state index < -0.39 is 39.9 Å². The third-order valence-electron chi connectivity index (χ3n) is 5.59. The number of fused-ring (bicyclic) bond motifs is 1. The molecule has 0 spiro atoms. The molecule has 12 heteroatoms. The fourth-order valence-electron chi connectivity index (χ4n) is 3.71. The minimum absolute atomic E-state index is 0.252. The molecule has 4 rings (SSSR count). The molecule has 2 N–H and O–H groups in total. The Hall–Kier alpha value is -4.19. The van der Waals surface area contributed by atoms with Crippen molar-refractivity contribution >= 4 is 32.6 Å². The number of aromatic nitrogens is 4. The zero-order valence-electron chi connectivity index (χ0n) is 19.1. The molecule has 1 atom stereocenters. The molecule has 3 heterocycles. The number of pyridine rings is 2. The van der Waals surface area contributed by atoms with Crippen LogP contribution in [-0.2, 0) is 14.6 Å². The van der Waals surface area contributed by atoms with Crippen LogP contribution in [0.15, 0.2) is 66.2 Å². The monoisotopic (exact) mass is 511 g/mol. The van der Waals surface area contributed by atoms with Gasteiger partial charge in [-0.15, -0.1) is 0 Å². The van der Waals surface area contributed by atoms with E-state index in [0.717, 1.165) is 0 Å². The number of sulfone groups is 1. The van der Waals surface area contributed by atoms with Crippen molar-refractivity contribution in [1.82, 2.24) is 25.1 Å². The standard InChI is InChI=1S/C24H22FN5O5S/c1-2-20(15-7-9-27-22(11-15)36(34,35)10-8-23(31)32)29-24(33)19-12-26-14-21-18(19)13-28-30(21)17-5-3-16(25)4-6-17/h3-7,9,11-14,20H,2,8,10H2,1H3,(H,29,33)(H,31,32)/t20-/m0/s1. The van der Waals surface area contributed by atoms with Crippen LogP contribution in [0.5, 0.6) is 0 Å². The van der Waals surface area contributed by atoms with E-state index >= 15 is 0 Å². The normalized spacial score (nSPS) is 12.4. The van der Waals surface area contributed by atoms with Crippen LogP contribution in [0.25, 0.3) is 16.6 Å². The average molecular weight is 512 g/mol. The summed E-state index contributed by atoms with van der Waals surface area (Å²) in [5, 5.41) is 16.3. The predicted molar refractivity (Wildman–Crippen MR) is 128 cm³/mol. The lowest BCUT2D eigenvalue weighted by molar-refractivity contribution is -0.136. The second-order valence-electron chi connectivity index (χ2n) is 7.98. The summed E-state index contributed by atoms with van der Waals surface area (Å²) in [6.45, 7) is 1.83. The molecular weight excluding hydrogens is 489 g/mol. The van der Waals surface area contributed by atoms with Crippen LogP contribution in [0, 0.1) is 5.82 Å². The molecule has 10 nitrogen and oxygen atoms in total. The zero-order chi connectivity index (χ0) is 25.9. The Morgan fingerprint density at radius 3 is 2.58 bits per heavy atom. The highest BCUT2D eigenvalue weighted by molar-refractivity contribution is 7.91. The minimum atomic E-state index is -3.90. The van der Waals surface area contributed by atoms with E-state index in [1.807, 2.05) is 6.92 Å². The first-order valence-corrected chi connectivity index (χ1v) is 12.6.